The molecule has 1 fully saturated rings. The van der Waals surface area contributed by atoms with Crippen molar-refractivity contribution in [3.8, 4) is 0 Å². The van der Waals surface area contributed by atoms with Gasteiger partial charge in [0, 0.05) is 6.54 Å². The molecule has 0 aromatic carbocycles. The van der Waals surface area contributed by atoms with Crippen molar-refractivity contribution in [2.75, 3.05) is 6.54 Å². The summed E-state index contributed by atoms with van der Waals surface area (Å²) in [6.45, 7) is 12.0. The molecule has 0 saturated carbocycles. The Hall–Kier alpha value is -0.570. The number of nitrogens with zero attached hydrogens (tertiary/aromatic N) is 1. The van der Waals surface area contributed by atoms with E-state index in [1.807, 2.05) is 0 Å². The second kappa shape index (κ2) is 7.88. The van der Waals surface area contributed by atoms with Gasteiger partial charge < -0.3 is 4.90 Å². The molecule has 3 heteroatoms. The van der Waals surface area contributed by atoms with Gasteiger partial charge in [0.1, 0.15) is 0 Å². The van der Waals surface area contributed by atoms with Crippen molar-refractivity contribution >= 4 is 5.91 Å². The van der Waals surface area contributed by atoms with Gasteiger partial charge in [-0.3, -0.25) is 10.1 Å². The van der Waals surface area contributed by atoms with Crippen LogP contribution in [-0.2, 0) is 4.79 Å². The Morgan fingerprint density at radius 2 is 1.74 bits per heavy atom. The van der Waals surface area contributed by atoms with E-state index in [1.54, 1.807) is 0 Å². The number of carbonyl (C=O) groups is 1. The summed E-state index contributed by atoms with van der Waals surface area (Å²) in [6.07, 6.45) is 5.83. The Morgan fingerprint density at radius 1 is 1.11 bits per heavy atom. The monoisotopic (exact) mass is 268 g/mol. The van der Waals surface area contributed by atoms with E-state index in [9.17, 15) is 4.79 Å². The molecule has 2 atom stereocenters. The van der Waals surface area contributed by atoms with Crippen LogP contribution in [0.5, 0.6) is 0 Å². The quantitative estimate of drug-likeness (QED) is 0.684. The van der Waals surface area contributed by atoms with E-state index >= 15 is 0 Å². The van der Waals surface area contributed by atoms with Crippen LogP contribution < -0.4 is 5.32 Å². The minimum atomic E-state index is 0.0466. The second-order valence-corrected chi connectivity index (χ2v) is 6.73. The lowest BCUT2D eigenvalue weighted by Crippen LogP contribution is -2.39. The molecule has 1 aliphatic rings. The lowest BCUT2D eigenvalue weighted by Gasteiger charge is -2.25. The Bertz CT molecular complexity index is 276. The zero-order valence-corrected chi connectivity index (χ0v) is 13.4. The number of amides is 1. The van der Waals surface area contributed by atoms with Gasteiger partial charge in [-0.25, -0.2) is 0 Å². The van der Waals surface area contributed by atoms with Crippen LogP contribution in [0.4, 0.5) is 0 Å². The van der Waals surface area contributed by atoms with Crippen LogP contribution in [0, 0.1) is 11.8 Å². The van der Waals surface area contributed by atoms with Gasteiger partial charge in [0.05, 0.1) is 12.2 Å². The number of hydrogen-bond donors (Lipinski definition) is 1. The first-order chi connectivity index (χ1) is 8.95. The van der Waals surface area contributed by atoms with E-state index in [4.69, 9.17) is 0 Å². The molecule has 1 saturated heterocycles. The van der Waals surface area contributed by atoms with Gasteiger partial charge in [0.2, 0.25) is 5.91 Å². The van der Waals surface area contributed by atoms with E-state index in [1.165, 1.54) is 12.8 Å². The molecule has 1 amide bonds. The predicted molar refractivity (Wildman–Crippen MR) is 80.9 cm³/mol. The Balaban J connectivity index is 2.62. The molecule has 112 valence electrons. The Labute approximate surface area is 119 Å². The smallest absolute Gasteiger partial charge is 0.241 e. The maximum atomic E-state index is 12.5. The first kappa shape index (κ1) is 16.5. The molecule has 0 spiro atoms. The number of unbranched alkanes of at least 4 members (excludes halogenated alkanes) is 2. The normalized spacial score (nSPS) is 23.9. The van der Waals surface area contributed by atoms with Crippen molar-refractivity contribution < 1.29 is 4.79 Å². The van der Waals surface area contributed by atoms with Gasteiger partial charge in [-0.1, -0.05) is 47.5 Å². The summed E-state index contributed by atoms with van der Waals surface area (Å²) < 4.78 is 0. The van der Waals surface area contributed by atoms with Crippen molar-refractivity contribution in [3.05, 3.63) is 0 Å². The fraction of sp³-hybridized carbons (Fsp3) is 0.938. The second-order valence-electron chi connectivity index (χ2n) is 6.73. The molecule has 1 heterocycles. The molecule has 3 nitrogen and oxygen atoms in total. The van der Waals surface area contributed by atoms with Gasteiger partial charge in [-0.05, 0) is 31.1 Å². The van der Waals surface area contributed by atoms with Crippen LogP contribution in [0.2, 0.25) is 0 Å². The van der Waals surface area contributed by atoms with E-state index in [0.717, 1.165) is 25.8 Å². The largest absolute Gasteiger partial charge is 0.326 e. The summed E-state index contributed by atoms with van der Waals surface area (Å²) in [5, 5.41) is 3.56. The molecule has 1 rings (SSSR count). The molecule has 0 aromatic heterocycles. The minimum absolute atomic E-state index is 0.0466. The minimum Gasteiger partial charge on any atom is -0.326 e. The highest BCUT2D eigenvalue weighted by Crippen LogP contribution is 2.22. The average molecular weight is 268 g/mol. The molecule has 19 heavy (non-hydrogen) atoms. The summed E-state index contributed by atoms with van der Waals surface area (Å²) in [5.74, 6) is 1.52. The summed E-state index contributed by atoms with van der Waals surface area (Å²) >= 11 is 0. The van der Waals surface area contributed by atoms with Crippen LogP contribution in [0.3, 0.4) is 0 Å². The van der Waals surface area contributed by atoms with E-state index < -0.39 is 0 Å². The SMILES string of the molecule is CCCCCN1C(=O)C(CC(C)C)NC1CC(C)C. The lowest BCUT2D eigenvalue weighted by molar-refractivity contribution is -0.130. The molecule has 0 aromatic rings. The van der Waals surface area contributed by atoms with E-state index in [2.05, 4.69) is 44.8 Å². The topological polar surface area (TPSA) is 32.3 Å². The third kappa shape index (κ3) is 5.13. The summed E-state index contributed by atoms with van der Waals surface area (Å²) in [5.41, 5.74) is 0. The Morgan fingerprint density at radius 3 is 2.26 bits per heavy atom. The van der Waals surface area contributed by atoms with E-state index in [0.29, 0.717) is 17.7 Å². The van der Waals surface area contributed by atoms with Crippen molar-refractivity contribution in [2.24, 2.45) is 11.8 Å². The number of carbonyl (C=O) groups excluding carboxylic acids is 1. The van der Waals surface area contributed by atoms with Crippen LogP contribution in [-0.4, -0.2) is 29.6 Å². The van der Waals surface area contributed by atoms with Crippen molar-refractivity contribution in [2.45, 2.75) is 78.9 Å². The van der Waals surface area contributed by atoms with Crippen LogP contribution in [0.15, 0.2) is 0 Å². The fourth-order valence-electron chi connectivity index (χ4n) is 2.83. The average Bonchev–Trinajstić information content (AvgIpc) is 2.56. The molecule has 0 aliphatic carbocycles. The predicted octanol–water partition coefficient (Wildman–Crippen LogP) is 3.40. The number of hydrogen-bond acceptors (Lipinski definition) is 2. The molecule has 2 unspecified atom stereocenters. The van der Waals surface area contributed by atoms with Crippen LogP contribution in [0.25, 0.3) is 0 Å². The van der Waals surface area contributed by atoms with Crippen LogP contribution in [0.1, 0.15) is 66.7 Å². The zero-order valence-electron chi connectivity index (χ0n) is 13.4. The summed E-state index contributed by atoms with van der Waals surface area (Å²) in [6, 6.07) is 0.0466. The maximum absolute atomic E-state index is 12.5. The molecule has 1 N–H and O–H groups in total. The van der Waals surface area contributed by atoms with Crippen molar-refractivity contribution in [3.63, 3.8) is 0 Å². The fourth-order valence-corrected chi connectivity index (χ4v) is 2.83. The van der Waals surface area contributed by atoms with Gasteiger partial charge in [-0.2, -0.15) is 0 Å². The van der Waals surface area contributed by atoms with Crippen LogP contribution >= 0.6 is 0 Å². The van der Waals surface area contributed by atoms with Gasteiger partial charge in [0.15, 0.2) is 0 Å². The van der Waals surface area contributed by atoms with Gasteiger partial charge in [-0.15, -0.1) is 0 Å². The highest BCUT2D eigenvalue weighted by Gasteiger charge is 2.38. The molecule has 1 aliphatic heterocycles. The number of nitrogens with one attached hydrogen (secondary N) is 1. The van der Waals surface area contributed by atoms with Crippen molar-refractivity contribution in [1.29, 1.82) is 0 Å². The van der Waals surface area contributed by atoms with Gasteiger partial charge in [0.25, 0.3) is 0 Å². The third-order valence-electron chi connectivity index (χ3n) is 3.76. The lowest BCUT2D eigenvalue weighted by atomic mass is 10.0. The third-order valence-corrected chi connectivity index (χ3v) is 3.76. The molecule has 0 radical (unpaired) electrons. The maximum Gasteiger partial charge on any atom is 0.241 e. The number of rotatable bonds is 8. The highest BCUT2D eigenvalue weighted by atomic mass is 16.2. The molecular formula is C16H32N2O. The first-order valence-corrected chi connectivity index (χ1v) is 8.02. The zero-order chi connectivity index (χ0) is 14.4. The highest BCUT2D eigenvalue weighted by molar-refractivity contribution is 5.84. The van der Waals surface area contributed by atoms with E-state index in [-0.39, 0.29) is 12.2 Å². The molecular weight excluding hydrogens is 236 g/mol. The summed E-state index contributed by atoms with van der Waals surface area (Å²) in [4.78, 5) is 14.6. The first-order valence-electron chi connectivity index (χ1n) is 8.02. The van der Waals surface area contributed by atoms with Crippen molar-refractivity contribution in [1.82, 2.24) is 10.2 Å². The van der Waals surface area contributed by atoms with Gasteiger partial charge >= 0.3 is 0 Å². The Kier molecular flexibility index (Phi) is 6.84. The molecule has 0 bridgehead atoms. The standard InChI is InChI=1S/C16H32N2O/c1-6-7-8-9-18-15(11-13(4)5)17-14(16(18)19)10-12(2)3/h12-15,17H,6-11H2,1-5H3. The summed E-state index contributed by atoms with van der Waals surface area (Å²) in [7, 11) is 0.